The molecule has 0 N–H and O–H groups in total. The minimum atomic E-state index is -0.306. The quantitative estimate of drug-likeness (QED) is 0.440. The fraction of sp³-hybridized carbons (Fsp3) is 0.385. The zero-order valence-electron chi connectivity index (χ0n) is 10.3. The molecule has 1 nitrogen and oxygen atoms in total. The van der Waals surface area contributed by atoms with Crippen molar-refractivity contribution in [2.45, 2.75) is 27.7 Å². The number of rotatable bonds is 0. The van der Waals surface area contributed by atoms with Gasteiger partial charge in [-0.1, -0.05) is 51.1 Å². The first kappa shape index (κ1) is 14.4. The molecule has 0 fully saturated rings. The molecule has 0 atom stereocenters. The Kier molecular flexibility index (Phi) is 5.21. The fourth-order valence-electron chi connectivity index (χ4n) is 1.36. The van der Waals surface area contributed by atoms with Gasteiger partial charge >= 0.3 is 18.9 Å². The molecule has 0 radical (unpaired) electrons. The Morgan fingerprint density at radius 3 is 2.20 bits per heavy atom. The van der Waals surface area contributed by atoms with Crippen molar-refractivity contribution in [2.75, 3.05) is 0 Å². The summed E-state index contributed by atoms with van der Waals surface area (Å²) < 4.78 is 0. The summed E-state index contributed by atoms with van der Waals surface area (Å²) in [4.78, 5) is 0. The minimum absolute atomic E-state index is 0. The molecule has 0 heterocycles. The second kappa shape index (κ2) is 5.44. The molecule has 0 aliphatic heterocycles. The van der Waals surface area contributed by atoms with Crippen LogP contribution in [0.3, 0.4) is 0 Å². The molecule has 2 heteroatoms. The fourth-order valence-corrected chi connectivity index (χ4v) is 1.36. The van der Waals surface area contributed by atoms with Gasteiger partial charge < -0.3 is 5.11 Å². The van der Waals surface area contributed by atoms with Gasteiger partial charge in [-0.2, -0.15) is 0 Å². The van der Waals surface area contributed by atoms with Crippen molar-refractivity contribution in [1.29, 1.82) is 0 Å². The Morgan fingerprint density at radius 1 is 1.20 bits per heavy atom. The van der Waals surface area contributed by atoms with Gasteiger partial charge in [-0.15, -0.1) is 5.76 Å². The summed E-state index contributed by atoms with van der Waals surface area (Å²) in [5, 5.41) is 13.9. The van der Waals surface area contributed by atoms with Crippen LogP contribution in [0.25, 0.3) is 11.8 Å². The van der Waals surface area contributed by atoms with Gasteiger partial charge in [0.05, 0.1) is 0 Å². The monoisotopic (exact) mass is 196 g/mol. The molecule has 1 aromatic rings. The van der Waals surface area contributed by atoms with E-state index >= 15 is 0 Å². The van der Waals surface area contributed by atoms with Crippen molar-refractivity contribution in [3.05, 3.63) is 34.7 Å². The summed E-state index contributed by atoms with van der Waals surface area (Å²) >= 11 is 0. The van der Waals surface area contributed by atoms with Crippen molar-refractivity contribution < 1.29 is 24.0 Å². The van der Waals surface area contributed by atoms with Crippen LogP contribution in [0.4, 0.5) is 0 Å². The topological polar surface area (TPSA) is 23.1 Å². The van der Waals surface area contributed by atoms with E-state index in [9.17, 15) is 5.11 Å². The molecule has 0 aliphatic carbocycles. The van der Waals surface area contributed by atoms with Crippen molar-refractivity contribution in [1.82, 2.24) is 0 Å². The predicted molar refractivity (Wildman–Crippen MR) is 58.7 cm³/mol. The molecule has 0 bridgehead atoms. The number of benzene rings is 1. The first-order valence-electron chi connectivity index (χ1n) is 4.90. The van der Waals surface area contributed by atoms with Gasteiger partial charge in [0.1, 0.15) is 0 Å². The van der Waals surface area contributed by atoms with E-state index in [1.807, 2.05) is 58.0 Å². The Balaban J connectivity index is 0.00000196. The summed E-state index contributed by atoms with van der Waals surface area (Å²) in [6.07, 6.45) is 1.97. The second-order valence-electron chi connectivity index (χ2n) is 4.46. The molecule has 0 unspecified atom stereocenters. The normalized spacial score (nSPS) is 14.5. The van der Waals surface area contributed by atoms with Gasteiger partial charge in [0.15, 0.2) is 0 Å². The molecule has 1 aromatic carbocycles. The molecule has 0 amide bonds. The molecular formula is C13H17LiO. The second-order valence-corrected chi connectivity index (χ2v) is 4.46. The maximum Gasteiger partial charge on any atom is 1.00 e. The smallest absolute Gasteiger partial charge is 0.875 e. The van der Waals surface area contributed by atoms with E-state index in [1.165, 1.54) is 0 Å². The van der Waals surface area contributed by atoms with Gasteiger partial charge in [0.2, 0.25) is 0 Å². The zero-order chi connectivity index (χ0) is 10.8. The Morgan fingerprint density at radius 2 is 1.73 bits per heavy atom. The van der Waals surface area contributed by atoms with Gasteiger partial charge in [0.25, 0.3) is 0 Å². The molecule has 0 spiro atoms. The molecular weight excluding hydrogens is 179 g/mol. The van der Waals surface area contributed by atoms with Gasteiger partial charge in [-0.05, 0) is 22.8 Å². The van der Waals surface area contributed by atoms with E-state index < -0.39 is 0 Å². The standard InChI is InChI=1S/C13H18O.Li/c1-5-10-8-6-7-9-11(10)12(14)13(2,3)4;/h5-9,14H,1-4H3;/q;+1/p-1/b10-5+,12-11-;. The van der Waals surface area contributed by atoms with E-state index in [0.29, 0.717) is 0 Å². The van der Waals surface area contributed by atoms with Gasteiger partial charge in [-0.3, -0.25) is 0 Å². The van der Waals surface area contributed by atoms with Crippen molar-refractivity contribution in [2.24, 2.45) is 5.41 Å². The summed E-state index contributed by atoms with van der Waals surface area (Å²) in [5.41, 5.74) is -0.306. The van der Waals surface area contributed by atoms with E-state index in [2.05, 4.69) is 0 Å². The van der Waals surface area contributed by atoms with Crippen LogP contribution in [0.1, 0.15) is 27.7 Å². The van der Waals surface area contributed by atoms with Crippen LogP contribution in [0, 0.1) is 5.41 Å². The summed E-state index contributed by atoms with van der Waals surface area (Å²) in [6, 6.07) is 7.72. The third kappa shape index (κ3) is 3.45. The van der Waals surface area contributed by atoms with Crippen LogP contribution in [-0.4, -0.2) is 0 Å². The van der Waals surface area contributed by atoms with E-state index in [-0.39, 0.29) is 30.0 Å². The van der Waals surface area contributed by atoms with Crippen LogP contribution in [-0.2, 0) is 0 Å². The van der Waals surface area contributed by atoms with Crippen LogP contribution >= 0.6 is 0 Å². The molecule has 15 heavy (non-hydrogen) atoms. The molecule has 76 valence electrons. The van der Waals surface area contributed by atoms with E-state index in [0.717, 1.165) is 10.4 Å². The Labute approximate surface area is 104 Å². The largest absolute Gasteiger partial charge is 1.00 e. The molecule has 1 rings (SSSR count). The average Bonchev–Trinajstić information content (AvgIpc) is 2.15. The van der Waals surface area contributed by atoms with E-state index in [4.69, 9.17) is 0 Å². The molecule has 0 saturated carbocycles. The molecule has 0 aromatic heterocycles. The summed E-state index contributed by atoms with van der Waals surface area (Å²) in [5.74, 6) is 0.200. The van der Waals surface area contributed by atoms with Crippen molar-refractivity contribution >= 4 is 11.8 Å². The zero-order valence-corrected chi connectivity index (χ0v) is 10.3. The molecule has 0 saturated heterocycles. The third-order valence-corrected chi connectivity index (χ3v) is 2.20. The first-order valence-corrected chi connectivity index (χ1v) is 4.90. The average molecular weight is 196 g/mol. The predicted octanol–water partition coefficient (Wildman–Crippen LogP) is -1.99. The third-order valence-electron chi connectivity index (χ3n) is 2.20. The molecule has 0 aliphatic rings. The first-order chi connectivity index (χ1) is 6.46. The van der Waals surface area contributed by atoms with Crippen molar-refractivity contribution in [3.63, 3.8) is 0 Å². The Hall–Kier alpha value is -0.643. The van der Waals surface area contributed by atoms with Crippen LogP contribution in [0.5, 0.6) is 0 Å². The maximum absolute atomic E-state index is 12.0. The van der Waals surface area contributed by atoms with Gasteiger partial charge in [-0.25, -0.2) is 0 Å². The minimum Gasteiger partial charge on any atom is -0.875 e. The number of hydrogen-bond acceptors (Lipinski definition) is 1. The number of hydrogen-bond donors (Lipinski definition) is 0. The Bertz CT molecular complexity index is 427. The van der Waals surface area contributed by atoms with Crippen LogP contribution in [0.2, 0.25) is 0 Å². The van der Waals surface area contributed by atoms with Crippen LogP contribution in [0.15, 0.2) is 24.3 Å². The van der Waals surface area contributed by atoms with Crippen molar-refractivity contribution in [3.8, 4) is 0 Å². The maximum atomic E-state index is 12.0. The van der Waals surface area contributed by atoms with Crippen LogP contribution < -0.4 is 34.4 Å². The van der Waals surface area contributed by atoms with Gasteiger partial charge in [0, 0.05) is 0 Å². The SMILES string of the molecule is C/C=c1\cccc\c1=C(\[O-])C(C)(C)C.[Li+]. The van der Waals surface area contributed by atoms with E-state index in [1.54, 1.807) is 0 Å². The summed E-state index contributed by atoms with van der Waals surface area (Å²) in [6.45, 7) is 7.79. The summed E-state index contributed by atoms with van der Waals surface area (Å²) in [7, 11) is 0.